The van der Waals surface area contributed by atoms with Crippen LogP contribution in [0.15, 0.2) is 42.7 Å². The van der Waals surface area contributed by atoms with Gasteiger partial charge in [0.15, 0.2) is 11.4 Å². The van der Waals surface area contributed by atoms with Crippen LogP contribution in [0.5, 0.6) is 0 Å². The number of para-hydroxylation sites is 2. The van der Waals surface area contributed by atoms with E-state index in [0.29, 0.717) is 23.7 Å². The number of aromatic nitrogens is 2. The Morgan fingerprint density at radius 3 is 1.58 bits per heavy atom. The zero-order chi connectivity index (χ0) is 23.9. The van der Waals surface area contributed by atoms with Crippen molar-refractivity contribution in [3.8, 4) is 11.4 Å². The molecule has 4 rings (SSSR count). The Hall–Kier alpha value is -2.35. The third kappa shape index (κ3) is 4.29. The van der Waals surface area contributed by atoms with Gasteiger partial charge in [-0.15, -0.1) is 0 Å². The molecule has 1 heterocycles. The van der Waals surface area contributed by atoms with Crippen LogP contribution in [-0.2, 0) is 12.8 Å². The minimum atomic E-state index is 0.489. The van der Waals surface area contributed by atoms with Crippen LogP contribution in [-0.4, -0.2) is 4.57 Å². The summed E-state index contributed by atoms with van der Waals surface area (Å²) in [5.74, 6) is 1.96. The highest BCUT2D eigenvalue weighted by atomic mass is 15.2. The second-order valence-corrected chi connectivity index (χ2v) is 11.1. The van der Waals surface area contributed by atoms with E-state index in [-0.39, 0.29) is 0 Å². The number of hydrogen-bond acceptors (Lipinski definition) is 0. The van der Waals surface area contributed by atoms with Crippen molar-refractivity contribution in [3.63, 3.8) is 0 Å². The molecule has 0 unspecified atom stereocenters. The summed E-state index contributed by atoms with van der Waals surface area (Å²) in [5.41, 5.74) is 11.7. The van der Waals surface area contributed by atoms with Gasteiger partial charge in [0.2, 0.25) is 0 Å². The quantitative estimate of drug-likeness (QED) is 0.340. The lowest BCUT2D eigenvalue weighted by Gasteiger charge is -2.19. The van der Waals surface area contributed by atoms with Crippen molar-refractivity contribution in [3.05, 3.63) is 76.4 Å². The van der Waals surface area contributed by atoms with Crippen molar-refractivity contribution in [1.29, 1.82) is 0 Å². The van der Waals surface area contributed by atoms with Gasteiger partial charge in [0.25, 0.3) is 6.33 Å². The monoisotopic (exact) mass is 443 g/mol. The molecule has 0 N–H and O–H groups in total. The van der Waals surface area contributed by atoms with Crippen molar-refractivity contribution >= 4 is 0 Å². The molecule has 0 bridgehead atoms. The smallest absolute Gasteiger partial charge is 0.198 e. The van der Waals surface area contributed by atoms with E-state index >= 15 is 0 Å². The average Bonchev–Trinajstić information content (AvgIpc) is 3.16. The van der Waals surface area contributed by atoms with Gasteiger partial charge in [-0.25, -0.2) is 0 Å². The number of fused-ring (bicyclic) bond motifs is 1. The van der Waals surface area contributed by atoms with Gasteiger partial charge in [-0.3, -0.25) is 0 Å². The standard InChI is InChI=1S/C31H43N2/c1-20(2)24-13-11-14-25(21(3)4)30(24)32-19-33(29-18-10-9-17-28(29)32)31-26(22(5)6)15-12-16-27(31)23(7)8/h11-16,19-23H,9-10,17-18H2,1-8H3/q+1. The van der Waals surface area contributed by atoms with Crippen LogP contribution >= 0.6 is 0 Å². The van der Waals surface area contributed by atoms with Crippen molar-refractivity contribution in [1.82, 2.24) is 4.57 Å². The van der Waals surface area contributed by atoms with Crippen LogP contribution in [0.25, 0.3) is 11.4 Å². The summed E-state index contributed by atoms with van der Waals surface area (Å²) in [7, 11) is 0. The van der Waals surface area contributed by atoms with Crippen LogP contribution < -0.4 is 4.57 Å². The molecule has 33 heavy (non-hydrogen) atoms. The van der Waals surface area contributed by atoms with E-state index in [1.165, 1.54) is 57.9 Å². The zero-order valence-corrected chi connectivity index (χ0v) is 22.1. The fourth-order valence-electron chi connectivity index (χ4n) is 5.61. The first-order chi connectivity index (χ1) is 15.7. The van der Waals surface area contributed by atoms with E-state index in [4.69, 9.17) is 0 Å². The Bertz CT molecular complexity index is 988. The molecule has 0 amide bonds. The van der Waals surface area contributed by atoms with Crippen molar-refractivity contribution < 1.29 is 4.57 Å². The summed E-state index contributed by atoms with van der Waals surface area (Å²) < 4.78 is 5.17. The SMILES string of the molecule is CC(C)c1cccc(C(C)C)c1-n1c[n+](-c2c(C(C)C)cccc2C(C)C)c2c1CCCC2. The predicted octanol–water partition coefficient (Wildman–Crippen LogP) is 8.13. The Labute approximate surface area is 201 Å². The first kappa shape index (κ1) is 23.8. The second kappa shape index (κ2) is 9.49. The van der Waals surface area contributed by atoms with Gasteiger partial charge in [0.05, 0.1) is 0 Å². The summed E-state index contributed by atoms with van der Waals surface area (Å²) in [5, 5.41) is 0. The van der Waals surface area contributed by atoms with E-state index in [1.807, 2.05) is 0 Å². The summed E-state index contributed by atoms with van der Waals surface area (Å²) in [4.78, 5) is 0. The van der Waals surface area contributed by atoms with Gasteiger partial charge >= 0.3 is 0 Å². The highest BCUT2D eigenvalue weighted by molar-refractivity contribution is 5.53. The molecular weight excluding hydrogens is 400 g/mol. The second-order valence-electron chi connectivity index (χ2n) is 11.1. The molecule has 176 valence electrons. The molecule has 3 aromatic rings. The molecule has 0 spiro atoms. The van der Waals surface area contributed by atoms with Crippen molar-refractivity contribution in [2.24, 2.45) is 0 Å². The van der Waals surface area contributed by atoms with Crippen LogP contribution in [0.4, 0.5) is 0 Å². The highest BCUT2D eigenvalue weighted by Gasteiger charge is 2.33. The molecule has 0 fully saturated rings. The molecule has 1 aliphatic carbocycles. The molecule has 0 saturated heterocycles. The number of benzene rings is 2. The molecule has 0 atom stereocenters. The van der Waals surface area contributed by atoms with E-state index in [2.05, 4.69) is 107 Å². The summed E-state index contributed by atoms with van der Waals surface area (Å²) >= 11 is 0. The van der Waals surface area contributed by atoms with Gasteiger partial charge in [-0.05, 0) is 36.5 Å². The lowest BCUT2D eigenvalue weighted by Crippen LogP contribution is -2.37. The Kier molecular flexibility index (Phi) is 6.84. The highest BCUT2D eigenvalue weighted by Crippen LogP contribution is 2.35. The number of rotatable bonds is 6. The third-order valence-electron chi connectivity index (χ3n) is 7.39. The molecule has 1 aliphatic rings. The van der Waals surface area contributed by atoms with E-state index in [1.54, 1.807) is 0 Å². The molecule has 0 saturated carbocycles. The lowest BCUT2D eigenvalue weighted by atomic mass is 9.91. The minimum absolute atomic E-state index is 0.489. The topological polar surface area (TPSA) is 8.81 Å². The van der Waals surface area contributed by atoms with Gasteiger partial charge in [0, 0.05) is 35.1 Å². The molecule has 2 nitrogen and oxygen atoms in total. The molecule has 2 aromatic carbocycles. The van der Waals surface area contributed by atoms with Crippen molar-refractivity contribution in [2.45, 2.75) is 105 Å². The number of imidazole rings is 1. The van der Waals surface area contributed by atoms with Crippen LogP contribution in [0.2, 0.25) is 0 Å². The van der Waals surface area contributed by atoms with Crippen LogP contribution in [0.1, 0.15) is 126 Å². The maximum absolute atomic E-state index is 2.58. The Balaban J connectivity index is 2.08. The third-order valence-corrected chi connectivity index (χ3v) is 7.39. The Morgan fingerprint density at radius 1 is 0.636 bits per heavy atom. The maximum Gasteiger partial charge on any atom is 0.254 e. The van der Waals surface area contributed by atoms with Crippen molar-refractivity contribution in [2.75, 3.05) is 0 Å². The van der Waals surface area contributed by atoms with Gasteiger partial charge < -0.3 is 0 Å². The first-order valence-electron chi connectivity index (χ1n) is 13.1. The summed E-state index contributed by atoms with van der Waals surface area (Å²) in [6.07, 6.45) is 7.32. The summed E-state index contributed by atoms with van der Waals surface area (Å²) in [6, 6.07) is 13.9. The maximum atomic E-state index is 2.58. The fourth-order valence-corrected chi connectivity index (χ4v) is 5.61. The number of hydrogen-bond donors (Lipinski definition) is 0. The lowest BCUT2D eigenvalue weighted by molar-refractivity contribution is -0.604. The van der Waals surface area contributed by atoms with Gasteiger partial charge in [0.1, 0.15) is 11.4 Å². The van der Waals surface area contributed by atoms with E-state index in [9.17, 15) is 0 Å². The van der Waals surface area contributed by atoms with Crippen LogP contribution in [0.3, 0.4) is 0 Å². The van der Waals surface area contributed by atoms with Crippen LogP contribution in [0, 0.1) is 0 Å². The molecule has 0 radical (unpaired) electrons. The summed E-state index contributed by atoms with van der Waals surface area (Å²) in [6.45, 7) is 18.6. The Morgan fingerprint density at radius 2 is 1.09 bits per heavy atom. The number of nitrogens with zero attached hydrogens (tertiary/aromatic N) is 2. The molecule has 2 heteroatoms. The zero-order valence-electron chi connectivity index (χ0n) is 22.1. The van der Waals surface area contributed by atoms with E-state index in [0.717, 1.165) is 12.8 Å². The normalized spacial score (nSPS) is 14.1. The average molecular weight is 444 g/mol. The van der Waals surface area contributed by atoms with Gasteiger partial charge in [-0.2, -0.15) is 9.13 Å². The van der Waals surface area contributed by atoms with Gasteiger partial charge in [-0.1, -0.05) is 91.8 Å². The largest absolute Gasteiger partial charge is 0.254 e. The predicted molar refractivity (Wildman–Crippen MR) is 140 cm³/mol. The molecule has 0 aliphatic heterocycles. The molecular formula is C31H43N2+. The minimum Gasteiger partial charge on any atom is -0.198 e. The van der Waals surface area contributed by atoms with E-state index < -0.39 is 0 Å². The fraction of sp³-hybridized carbons (Fsp3) is 0.516. The first-order valence-corrected chi connectivity index (χ1v) is 13.1. The molecule has 1 aromatic heterocycles.